The standard InChI is InChI=1S/C16H15BrFNO2/c1-10-7-12(17)8-11(2)16(10)21-9-15(20)19-14-5-3-13(18)4-6-14/h3-8H,9H2,1-2H3,(H,19,20). The van der Waals surface area contributed by atoms with Gasteiger partial charge in [0.2, 0.25) is 0 Å². The van der Waals surface area contributed by atoms with Crippen LogP contribution in [0.3, 0.4) is 0 Å². The minimum absolute atomic E-state index is 0.0965. The van der Waals surface area contributed by atoms with Crippen LogP contribution < -0.4 is 10.1 Å². The zero-order chi connectivity index (χ0) is 15.4. The molecule has 2 aromatic rings. The van der Waals surface area contributed by atoms with Crippen LogP contribution in [0.5, 0.6) is 5.75 Å². The van der Waals surface area contributed by atoms with E-state index in [1.807, 2.05) is 26.0 Å². The second-order valence-electron chi connectivity index (χ2n) is 4.71. The fourth-order valence-electron chi connectivity index (χ4n) is 1.99. The third kappa shape index (κ3) is 4.29. The molecule has 2 aromatic carbocycles. The Kier molecular flexibility index (Phi) is 4.96. The van der Waals surface area contributed by atoms with Gasteiger partial charge in [-0.3, -0.25) is 4.79 Å². The van der Waals surface area contributed by atoms with Gasteiger partial charge in [-0.1, -0.05) is 15.9 Å². The van der Waals surface area contributed by atoms with E-state index in [4.69, 9.17) is 4.74 Å². The summed E-state index contributed by atoms with van der Waals surface area (Å²) in [6.45, 7) is 3.75. The van der Waals surface area contributed by atoms with E-state index in [1.165, 1.54) is 24.3 Å². The molecule has 0 aromatic heterocycles. The van der Waals surface area contributed by atoms with Crippen LogP contribution in [0.4, 0.5) is 10.1 Å². The molecule has 0 saturated carbocycles. The van der Waals surface area contributed by atoms with E-state index in [-0.39, 0.29) is 18.3 Å². The number of amides is 1. The lowest BCUT2D eigenvalue weighted by atomic mass is 10.1. The predicted molar refractivity (Wildman–Crippen MR) is 84.1 cm³/mol. The van der Waals surface area contributed by atoms with E-state index in [9.17, 15) is 9.18 Å². The van der Waals surface area contributed by atoms with Crippen LogP contribution in [0.2, 0.25) is 0 Å². The molecule has 21 heavy (non-hydrogen) atoms. The molecule has 0 atom stereocenters. The van der Waals surface area contributed by atoms with Crippen LogP contribution in [-0.4, -0.2) is 12.5 Å². The summed E-state index contributed by atoms with van der Waals surface area (Å²) in [5, 5.41) is 2.65. The zero-order valence-electron chi connectivity index (χ0n) is 11.7. The van der Waals surface area contributed by atoms with Gasteiger partial charge in [0.1, 0.15) is 11.6 Å². The molecule has 1 amide bonds. The Hall–Kier alpha value is -1.88. The Bertz CT molecular complexity index is 633. The number of halogens is 2. The minimum atomic E-state index is -0.342. The Morgan fingerprint density at radius 1 is 1.19 bits per heavy atom. The summed E-state index contributed by atoms with van der Waals surface area (Å²) in [5.74, 6) is 0.0705. The molecule has 0 heterocycles. The molecule has 0 aliphatic carbocycles. The zero-order valence-corrected chi connectivity index (χ0v) is 13.3. The van der Waals surface area contributed by atoms with Gasteiger partial charge >= 0.3 is 0 Å². The van der Waals surface area contributed by atoms with Gasteiger partial charge in [-0.15, -0.1) is 0 Å². The number of carbonyl (C=O) groups is 1. The van der Waals surface area contributed by atoms with Gasteiger partial charge in [-0.05, 0) is 61.4 Å². The van der Waals surface area contributed by atoms with E-state index >= 15 is 0 Å². The quantitative estimate of drug-likeness (QED) is 0.895. The number of ether oxygens (including phenoxy) is 1. The molecule has 0 aliphatic rings. The van der Waals surface area contributed by atoms with E-state index < -0.39 is 0 Å². The monoisotopic (exact) mass is 351 g/mol. The molecule has 0 saturated heterocycles. The first kappa shape index (κ1) is 15.5. The Balaban J connectivity index is 1.97. The SMILES string of the molecule is Cc1cc(Br)cc(C)c1OCC(=O)Nc1ccc(F)cc1. The molecule has 0 aliphatic heterocycles. The summed E-state index contributed by atoms with van der Waals surface area (Å²) < 4.78 is 19.3. The maximum atomic E-state index is 12.8. The fraction of sp³-hybridized carbons (Fsp3) is 0.188. The first-order chi connectivity index (χ1) is 9.95. The van der Waals surface area contributed by atoms with E-state index in [0.717, 1.165) is 15.6 Å². The Morgan fingerprint density at radius 3 is 2.33 bits per heavy atom. The molecule has 3 nitrogen and oxygen atoms in total. The molecule has 5 heteroatoms. The molecule has 0 radical (unpaired) electrons. The second kappa shape index (κ2) is 6.72. The third-order valence-corrected chi connectivity index (χ3v) is 3.36. The summed E-state index contributed by atoms with van der Waals surface area (Å²) in [7, 11) is 0. The average Bonchev–Trinajstić information content (AvgIpc) is 2.40. The van der Waals surface area contributed by atoms with Crippen molar-refractivity contribution in [2.45, 2.75) is 13.8 Å². The van der Waals surface area contributed by atoms with Gasteiger partial charge in [-0.25, -0.2) is 4.39 Å². The number of carbonyl (C=O) groups excluding carboxylic acids is 1. The molecule has 0 fully saturated rings. The third-order valence-electron chi connectivity index (χ3n) is 2.90. The molecular weight excluding hydrogens is 337 g/mol. The molecule has 0 spiro atoms. The molecule has 0 unspecified atom stereocenters. The molecular formula is C16H15BrFNO2. The highest BCUT2D eigenvalue weighted by Crippen LogP contribution is 2.27. The lowest BCUT2D eigenvalue weighted by molar-refractivity contribution is -0.118. The molecule has 1 N–H and O–H groups in total. The van der Waals surface area contributed by atoms with Gasteiger partial charge in [0, 0.05) is 10.2 Å². The van der Waals surface area contributed by atoms with Crippen LogP contribution in [0.25, 0.3) is 0 Å². The summed E-state index contributed by atoms with van der Waals surface area (Å²) in [6, 6.07) is 9.45. The molecule has 2 rings (SSSR count). The van der Waals surface area contributed by atoms with Crippen molar-refractivity contribution in [2.24, 2.45) is 0 Å². The largest absolute Gasteiger partial charge is 0.483 e. The first-order valence-electron chi connectivity index (χ1n) is 6.40. The first-order valence-corrected chi connectivity index (χ1v) is 7.20. The number of nitrogens with one attached hydrogen (secondary N) is 1. The fourth-order valence-corrected chi connectivity index (χ4v) is 2.68. The highest BCUT2D eigenvalue weighted by molar-refractivity contribution is 9.10. The van der Waals surface area contributed by atoms with Crippen molar-refractivity contribution in [1.29, 1.82) is 0 Å². The average molecular weight is 352 g/mol. The summed E-state index contributed by atoms with van der Waals surface area (Å²) in [5.41, 5.74) is 2.45. The van der Waals surface area contributed by atoms with Crippen LogP contribution in [-0.2, 0) is 4.79 Å². The van der Waals surface area contributed by atoms with Crippen molar-refractivity contribution in [1.82, 2.24) is 0 Å². The van der Waals surface area contributed by atoms with Crippen molar-refractivity contribution < 1.29 is 13.9 Å². The summed E-state index contributed by atoms with van der Waals surface area (Å²) in [6.07, 6.45) is 0. The number of hydrogen-bond acceptors (Lipinski definition) is 2. The Labute approximate surface area is 131 Å². The molecule has 0 bridgehead atoms. The van der Waals surface area contributed by atoms with Crippen molar-refractivity contribution in [3.63, 3.8) is 0 Å². The van der Waals surface area contributed by atoms with Gasteiger partial charge in [0.25, 0.3) is 5.91 Å². The second-order valence-corrected chi connectivity index (χ2v) is 5.63. The number of benzene rings is 2. The van der Waals surface area contributed by atoms with Gasteiger partial charge < -0.3 is 10.1 Å². The van der Waals surface area contributed by atoms with E-state index in [1.54, 1.807) is 0 Å². The smallest absolute Gasteiger partial charge is 0.262 e. The lowest BCUT2D eigenvalue weighted by Crippen LogP contribution is -2.20. The van der Waals surface area contributed by atoms with Gasteiger partial charge in [-0.2, -0.15) is 0 Å². The van der Waals surface area contributed by atoms with Crippen molar-refractivity contribution in [3.8, 4) is 5.75 Å². The van der Waals surface area contributed by atoms with Crippen molar-refractivity contribution in [2.75, 3.05) is 11.9 Å². The lowest BCUT2D eigenvalue weighted by Gasteiger charge is -2.12. The van der Waals surface area contributed by atoms with Crippen LogP contribution >= 0.6 is 15.9 Å². The number of aryl methyl sites for hydroxylation is 2. The minimum Gasteiger partial charge on any atom is -0.483 e. The maximum Gasteiger partial charge on any atom is 0.262 e. The number of anilines is 1. The van der Waals surface area contributed by atoms with Crippen LogP contribution in [0.1, 0.15) is 11.1 Å². The highest BCUT2D eigenvalue weighted by Gasteiger charge is 2.09. The van der Waals surface area contributed by atoms with E-state index in [0.29, 0.717) is 11.4 Å². The maximum absolute atomic E-state index is 12.8. The molecule has 110 valence electrons. The topological polar surface area (TPSA) is 38.3 Å². The van der Waals surface area contributed by atoms with Gasteiger partial charge in [0.05, 0.1) is 0 Å². The summed E-state index contributed by atoms with van der Waals surface area (Å²) >= 11 is 3.41. The van der Waals surface area contributed by atoms with Crippen molar-refractivity contribution >= 4 is 27.5 Å². The van der Waals surface area contributed by atoms with E-state index in [2.05, 4.69) is 21.2 Å². The van der Waals surface area contributed by atoms with Crippen LogP contribution in [0.15, 0.2) is 40.9 Å². The highest BCUT2D eigenvalue weighted by atomic mass is 79.9. The normalized spacial score (nSPS) is 10.3. The van der Waals surface area contributed by atoms with Gasteiger partial charge in [0.15, 0.2) is 6.61 Å². The van der Waals surface area contributed by atoms with Crippen LogP contribution in [0, 0.1) is 19.7 Å². The Morgan fingerprint density at radius 2 is 1.76 bits per heavy atom. The number of hydrogen-bond donors (Lipinski definition) is 1. The van der Waals surface area contributed by atoms with Crippen molar-refractivity contribution in [3.05, 3.63) is 57.8 Å². The number of rotatable bonds is 4. The predicted octanol–water partition coefficient (Wildman–Crippen LogP) is 4.22. The summed E-state index contributed by atoms with van der Waals surface area (Å²) in [4.78, 5) is 11.8.